The van der Waals surface area contributed by atoms with E-state index >= 15 is 0 Å². The van der Waals surface area contributed by atoms with Crippen molar-refractivity contribution >= 4 is 18.1 Å². The highest BCUT2D eigenvalue weighted by Gasteiger charge is 2.09. The minimum Gasteiger partial charge on any atom is -0.485 e. The number of rotatable bonds is 6. The molecule has 0 atom stereocenters. The molecule has 22 heavy (non-hydrogen) atoms. The van der Waals surface area contributed by atoms with Gasteiger partial charge in [-0.2, -0.15) is 5.10 Å². The van der Waals surface area contributed by atoms with Crippen LogP contribution in [0, 0.1) is 0 Å². The molecule has 8 heteroatoms. The van der Waals surface area contributed by atoms with Crippen molar-refractivity contribution in [2.75, 3.05) is 0 Å². The van der Waals surface area contributed by atoms with Gasteiger partial charge in [-0.15, -0.1) is 5.10 Å². The lowest BCUT2D eigenvalue weighted by Crippen LogP contribution is -2.21. The zero-order valence-corrected chi connectivity index (χ0v) is 11.5. The zero-order valence-electron chi connectivity index (χ0n) is 11.5. The van der Waals surface area contributed by atoms with Crippen molar-refractivity contribution in [3.05, 3.63) is 53.5 Å². The molecule has 1 heterocycles. The maximum Gasteiger partial charge on any atom is 0.371 e. The Hall–Kier alpha value is -3.29. The molecule has 0 bridgehead atoms. The van der Waals surface area contributed by atoms with E-state index in [0.29, 0.717) is 17.1 Å². The summed E-state index contributed by atoms with van der Waals surface area (Å²) in [5.74, 6) is -0.484. The SMILES string of the molecule is NC(N)=NN=Cc1ccccc1OCc1ccc(C(=O)O)o1. The van der Waals surface area contributed by atoms with Gasteiger partial charge in [-0.05, 0) is 24.3 Å². The summed E-state index contributed by atoms with van der Waals surface area (Å²) >= 11 is 0. The normalized spacial score (nSPS) is 10.5. The number of furan rings is 1. The van der Waals surface area contributed by atoms with Crippen LogP contribution in [0.25, 0.3) is 0 Å². The van der Waals surface area contributed by atoms with Crippen LogP contribution in [0.5, 0.6) is 5.75 Å². The second kappa shape index (κ2) is 6.93. The Bertz CT molecular complexity index is 717. The minimum atomic E-state index is -1.13. The van der Waals surface area contributed by atoms with Crippen molar-refractivity contribution in [3.8, 4) is 5.75 Å². The smallest absolute Gasteiger partial charge is 0.371 e. The standard InChI is InChI=1S/C14H14N4O4/c15-14(16)18-17-7-9-3-1-2-4-11(9)21-8-10-5-6-12(22-10)13(19)20/h1-7H,8H2,(H,19,20)(H4,15,16,18). The van der Waals surface area contributed by atoms with Crippen molar-refractivity contribution in [3.63, 3.8) is 0 Å². The van der Waals surface area contributed by atoms with Gasteiger partial charge in [0.25, 0.3) is 0 Å². The number of carbonyl (C=O) groups is 1. The quantitative estimate of drug-likeness (QED) is 0.416. The first-order valence-electron chi connectivity index (χ1n) is 6.22. The Kier molecular flexibility index (Phi) is 4.76. The third-order valence-electron chi connectivity index (χ3n) is 2.53. The average molecular weight is 302 g/mol. The van der Waals surface area contributed by atoms with Gasteiger partial charge in [-0.3, -0.25) is 0 Å². The van der Waals surface area contributed by atoms with E-state index in [0.717, 1.165) is 0 Å². The fourth-order valence-electron chi connectivity index (χ4n) is 1.60. The topological polar surface area (TPSA) is 136 Å². The number of carboxylic acids is 1. The summed E-state index contributed by atoms with van der Waals surface area (Å²) in [7, 11) is 0. The number of benzene rings is 1. The van der Waals surface area contributed by atoms with Gasteiger partial charge in [0, 0.05) is 5.56 Å². The molecule has 2 aromatic rings. The van der Waals surface area contributed by atoms with Gasteiger partial charge in [-0.25, -0.2) is 4.79 Å². The van der Waals surface area contributed by atoms with Crippen LogP contribution in [0.4, 0.5) is 0 Å². The van der Waals surface area contributed by atoms with Gasteiger partial charge in [0.15, 0.2) is 0 Å². The molecule has 0 saturated carbocycles. The van der Waals surface area contributed by atoms with Crippen molar-refractivity contribution in [2.45, 2.75) is 6.61 Å². The van der Waals surface area contributed by atoms with E-state index in [4.69, 9.17) is 25.7 Å². The lowest BCUT2D eigenvalue weighted by molar-refractivity contribution is 0.0658. The summed E-state index contributed by atoms with van der Waals surface area (Å²) in [6.45, 7) is 0.0838. The van der Waals surface area contributed by atoms with E-state index in [-0.39, 0.29) is 18.3 Å². The molecule has 2 rings (SSSR count). The van der Waals surface area contributed by atoms with Crippen molar-refractivity contribution < 1.29 is 19.1 Å². The highest BCUT2D eigenvalue weighted by Crippen LogP contribution is 2.18. The molecule has 5 N–H and O–H groups in total. The largest absolute Gasteiger partial charge is 0.485 e. The Morgan fingerprint density at radius 2 is 2.05 bits per heavy atom. The van der Waals surface area contributed by atoms with Crippen molar-refractivity contribution in [1.82, 2.24) is 0 Å². The van der Waals surface area contributed by atoms with E-state index in [1.807, 2.05) is 0 Å². The number of para-hydroxylation sites is 1. The van der Waals surface area contributed by atoms with Gasteiger partial charge in [-0.1, -0.05) is 12.1 Å². The fourth-order valence-corrected chi connectivity index (χ4v) is 1.60. The van der Waals surface area contributed by atoms with Gasteiger partial charge < -0.3 is 25.7 Å². The Balaban J connectivity index is 2.07. The van der Waals surface area contributed by atoms with Crippen LogP contribution in [0.15, 0.2) is 51.0 Å². The number of carboxylic acid groups (broad SMARTS) is 1. The molecule has 0 aliphatic carbocycles. The molecule has 0 amide bonds. The fraction of sp³-hybridized carbons (Fsp3) is 0.0714. The predicted molar refractivity (Wildman–Crippen MR) is 79.8 cm³/mol. The van der Waals surface area contributed by atoms with E-state index in [2.05, 4.69) is 10.2 Å². The molecular formula is C14H14N4O4. The van der Waals surface area contributed by atoms with Gasteiger partial charge in [0.1, 0.15) is 18.1 Å². The number of hydrogen-bond acceptors (Lipinski definition) is 5. The van der Waals surface area contributed by atoms with Crippen LogP contribution in [0.3, 0.4) is 0 Å². The molecule has 114 valence electrons. The number of aromatic carboxylic acids is 1. The summed E-state index contributed by atoms with van der Waals surface area (Å²) in [6.07, 6.45) is 1.44. The van der Waals surface area contributed by atoms with Crippen LogP contribution >= 0.6 is 0 Å². The van der Waals surface area contributed by atoms with Crippen molar-refractivity contribution in [2.24, 2.45) is 21.7 Å². The molecular weight excluding hydrogens is 288 g/mol. The lowest BCUT2D eigenvalue weighted by atomic mass is 10.2. The second-order valence-electron chi connectivity index (χ2n) is 4.17. The maximum absolute atomic E-state index is 10.7. The van der Waals surface area contributed by atoms with Gasteiger partial charge in [0.05, 0.1) is 6.21 Å². The van der Waals surface area contributed by atoms with Crippen LogP contribution in [-0.4, -0.2) is 23.2 Å². The second-order valence-corrected chi connectivity index (χ2v) is 4.17. The third kappa shape index (κ3) is 4.10. The summed E-state index contributed by atoms with van der Waals surface area (Å²) in [6, 6.07) is 10.0. The van der Waals surface area contributed by atoms with Crippen molar-refractivity contribution in [1.29, 1.82) is 0 Å². The van der Waals surface area contributed by atoms with E-state index < -0.39 is 5.97 Å². The van der Waals surface area contributed by atoms with E-state index in [1.54, 1.807) is 30.3 Å². The number of guanidine groups is 1. The molecule has 0 radical (unpaired) electrons. The average Bonchev–Trinajstić information content (AvgIpc) is 2.95. The third-order valence-corrected chi connectivity index (χ3v) is 2.53. The minimum absolute atomic E-state index is 0.0838. The first-order chi connectivity index (χ1) is 10.6. The molecule has 0 saturated heterocycles. The summed E-state index contributed by atoms with van der Waals surface area (Å²) in [5, 5.41) is 16.0. The molecule has 0 fully saturated rings. The molecule has 1 aromatic heterocycles. The highest BCUT2D eigenvalue weighted by molar-refractivity contribution is 5.85. The molecule has 0 aliphatic heterocycles. The molecule has 0 aliphatic rings. The summed E-state index contributed by atoms with van der Waals surface area (Å²) in [5.41, 5.74) is 11.0. The van der Waals surface area contributed by atoms with Crippen LogP contribution in [0.1, 0.15) is 21.9 Å². The Morgan fingerprint density at radius 1 is 1.27 bits per heavy atom. The number of nitrogens with two attached hydrogens (primary N) is 2. The van der Waals surface area contributed by atoms with Crippen LogP contribution in [0.2, 0.25) is 0 Å². The zero-order chi connectivity index (χ0) is 15.9. The monoisotopic (exact) mass is 302 g/mol. The molecule has 0 spiro atoms. The van der Waals surface area contributed by atoms with Gasteiger partial charge in [0.2, 0.25) is 11.7 Å². The van der Waals surface area contributed by atoms with Gasteiger partial charge >= 0.3 is 5.97 Å². The predicted octanol–water partition coefficient (Wildman–Crippen LogP) is 1.16. The van der Waals surface area contributed by atoms with Crippen LogP contribution in [-0.2, 0) is 6.61 Å². The molecule has 0 unspecified atom stereocenters. The number of ether oxygens (including phenoxy) is 1. The molecule has 8 nitrogen and oxygen atoms in total. The number of hydrogen-bond donors (Lipinski definition) is 3. The summed E-state index contributed by atoms with van der Waals surface area (Å²) < 4.78 is 10.7. The Morgan fingerprint density at radius 3 is 2.73 bits per heavy atom. The van der Waals surface area contributed by atoms with E-state index in [1.165, 1.54) is 12.3 Å². The lowest BCUT2D eigenvalue weighted by Gasteiger charge is -2.06. The summed E-state index contributed by atoms with van der Waals surface area (Å²) in [4.78, 5) is 10.7. The van der Waals surface area contributed by atoms with E-state index in [9.17, 15) is 4.79 Å². The van der Waals surface area contributed by atoms with Crippen LogP contribution < -0.4 is 16.2 Å². The highest BCUT2D eigenvalue weighted by atomic mass is 16.5. The Labute approximate surface area is 125 Å². The maximum atomic E-state index is 10.7. The molecule has 1 aromatic carbocycles. The number of nitrogens with zero attached hydrogens (tertiary/aromatic N) is 2. The first kappa shape index (κ1) is 15.1. The first-order valence-corrected chi connectivity index (χ1v) is 6.22.